The van der Waals surface area contributed by atoms with Crippen LogP contribution < -0.4 is 4.72 Å². The van der Waals surface area contributed by atoms with Gasteiger partial charge in [0.1, 0.15) is 0 Å². The third-order valence-corrected chi connectivity index (χ3v) is 5.82. The maximum absolute atomic E-state index is 12.1. The SMILES string of the molecule is CC(C)N(C)S(=O)(=O)NCC1CCCc2ccccc21. The Morgan fingerprint density at radius 3 is 2.75 bits per heavy atom. The summed E-state index contributed by atoms with van der Waals surface area (Å²) in [5.74, 6) is 0.287. The average Bonchev–Trinajstić information content (AvgIpc) is 2.44. The van der Waals surface area contributed by atoms with Crippen LogP contribution in [0.3, 0.4) is 0 Å². The third kappa shape index (κ3) is 3.40. The molecule has 1 unspecified atom stereocenters. The first-order valence-electron chi connectivity index (χ1n) is 7.22. The summed E-state index contributed by atoms with van der Waals surface area (Å²) in [6.45, 7) is 4.22. The topological polar surface area (TPSA) is 49.4 Å². The number of nitrogens with one attached hydrogen (secondary N) is 1. The minimum Gasteiger partial charge on any atom is -0.202 e. The molecule has 2 rings (SSSR count). The number of rotatable bonds is 5. The lowest BCUT2D eigenvalue weighted by atomic mass is 9.83. The molecule has 0 saturated carbocycles. The van der Waals surface area contributed by atoms with E-state index in [-0.39, 0.29) is 12.0 Å². The number of hydrogen-bond donors (Lipinski definition) is 1. The molecule has 1 aromatic rings. The lowest BCUT2D eigenvalue weighted by Crippen LogP contribution is -2.43. The molecule has 1 aliphatic carbocycles. The van der Waals surface area contributed by atoms with E-state index in [9.17, 15) is 8.42 Å². The summed E-state index contributed by atoms with van der Waals surface area (Å²) in [6.07, 6.45) is 3.28. The van der Waals surface area contributed by atoms with Crippen molar-refractivity contribution in [2.24, 2.45) is 0 Å². The third-order valence-electron chi connectivity index (χ3n) is 4.11. The Hall–Kier alpha value is -0.910. The van der Waals surface area contributed by atoms with Crippen molar-refractivity contribution in [3.8, 4) is 0 Å². The molecule has 0 aromatic heterocycles. The van der Waals surface area contributed by atoms with Crippen LogP contribution in [-0.2, 0) is 16.6 Å². The highest BCUT2D eigenvalue weighted by molar-refractivity contribution is 7.87. The van der Waals surface area contributed by atoms with E-state index in [4.69, 9.17) is 0 Å². The van der Waals surface area contributed by atoms with Crippen LogP contribution in [0.1, 0.15) is 43.7 Å². The minimum atomic E-state index is -3.38. The molecule has 0 spiro atoms. The minimum absolute atomic E-state index is 0.0360. The standard InChI is InChI=1S/C15H24N2O2S/c1-12(2)17(3)20(18,19)16-11-14-9-6-8-13-7-4-5-10-15(13)14/h4-5,7,10,12,14,16H,6,8-9,11H2,1-3H3. The maximum atomic E-state index is 12.1. The van der Waals surface area contributed by atoms with Gasteiger partial charge in [-0.1, -0.05) is 24.3 Å². The Morgan fingerprint density at radius 2 is 2.05 bits per heavy atom. The highest BCUT2D eigenvalue weighted by atomic mass is 32.2. The molecule has 20 heavy (non-hydrogen) atoms. The first-order valence-corrected chi connectivity index (χ1v) is 8.66. The lowest BCUT2D eigenvalue weighted by molar-refractivity contribution is 0.399. The highest BCUT2D eigenvalue weighted by Gasteiger charge is 2.24. The van der Waals surface area contributed by atoms with Crippen molar-refractivity contribution in [3.05, 3.63) is 35.4 Å². The predicted octanol–water partition coefficient (Wildman–Crippen LogP) is 2.28. The molecular formula is C15H24N2O2S. The van der Waals surface area contributed by atoms with Crippen LogP contribution in [0.4, 0.5) is 0 Å². The van der Waals surface area contributed by atoms with E-state index in [2.05, 4.69) is 22.9 Å². The van der Waals surface area contributed by atoms with Gasteiger partial charge in [-0.25, -0.2) is 4.72 Å². The van der Waals surface area contributed by atoms with Gasteiger partial charge in [0, 0.05) is 19.6 Å². The molecule has 0 radical (unpaired) electrons. The molecule has 1 N–H and O–H groups in total. The van der Waals surface area contributed by atoms with Crippen molar-refractivity contribution in [2.45, 2.75) is 45.1 Å². The molecule has 0 heterocycles. The van der Waals surface area contributed by atoms with Gasteiger partial charge < -0.3 is 0 Å². The van der Waals surface area contributed by atoms with Gasteiger partial charge in [-0.05, 0) is 50.2 Å². The van der Waals surface area contributed by atoms with Crippen LogP contribution in [0.5, 0.6) is 0 Å². The Morgan fingerprint density at radius 1 is 1.35 bits per heavy atom. The quantitative estimate of drug-likeness (QED) is 0.906. The van der Waals surface area contributed by atoms with E-state index in [0.29, 0.717) is 6.54 Å². The molecular weight excluding hydrogens is 272 g/mol. The van der Waals surface area contributed by atoms with Crippen molar-refractivity contribution in [3.63, 3.8) is 0 Å². The van der Waals surface area contributed by atoms with Crippen LogP contribution in [-0.4, -0.2) is 32.4 Å². The fourth-order valence-corrected chi connectivity index (χ4v) is 3.82. The first kappa shape index (κ1) is 15.5. The molecule has 5 heteroatoms. The molecule has 1 aromatic carbocycles. The number of fused-ring (bicyclic) bond motifs is 1. The maximum Gasteiger partial charge on any atom is 0.279 e. The van der Waals surface area contributed by atoms with Gasteiger partial charge in [0.15, 0.2) is 0 Å². The van der Waals surface area contributed by atoms with Crippen molar-refractivity contribution >= 4 is 10.2 Å². The summed E-state index contributed by atoms with van der Waals surface area (Å²) in [5, 5.41) is 0. The largest absolute Gasteiger partial charge is 0.279 e. The molecule has 0 saturated heterocycles. The number of nitrogens with zero attached hydrogens (tertiary/aromatic N) is 1. The monoisotopic (exact) mass is 296 g/mol. The zero-order valence-corrected chi connectivity index (χ0v) is 13.3. The van der Waals surface area contributed by atoms with E-state index >= 15 is 0 Å². The molecule has 0 bridgehead atoms. The predicted molar refractivity (Wildman–Crippen MR) is 81.9 cm³/mol. The molecule has 1 atom stereocenters. The van der Waals surface area contributed by atoms with Crippen LogP contribution in [0.25, 0.3) is 0 Å². The second-order valence-corrected chi connectivity index (χ2v) is 7.57. The fourth-order valence-electron chi connectivity index (χ4n) is 2.65. The number of aryl methyl sites for hydroxylation is 1. The summed E-state index contributed by atoms with van der Waals surface area (Å²) in [4.78, 5) is 0. The smallest absolute Gasteiger partial charge is 0.202 e. The Bertz CT molecular complexity index is 555. The van der Waals surface area contributed by atoms with Gasteiger partial charge in [-0.15, -0.1) is 0 Å². The van der Waals surface area contributed by atoms with E-state index < -0.39 is 10.2 Å². The van der Waals surface area contributed by atoms with Crippen LogP contribution in [0.15, 0.2) is 24.3 Å². The van der Waals surface area contributed by atoms with Crippen molar-refractivity contribution < 1.29 is 8.42 Å². The van der Waals surface area contributed by atoms with Crippen LogP contribution in [0, 0.1) is 0 Å². The van der Waals surface area contributed by atoms with E-state index in [1.807, 2.05) is 19.9 Å². The summed E-state index contributed by atoms with van der Waals surface area (Å²) in [6, 6.07) is 8.32. The second kappa shape index (κ2) is 6.24. The highest BCUT2D eigenvalue weighted by Crippen LogP contribution is 2.30. The normalized spacial score (nSPS) is 19.4. The Kier molecular flexibility index (Phi) is 4.83. The van der Waals surface area contributed by atoms with E-state index in [1.165, 1.54) is 15.4 Å². The molecule has 0 amide bonds. The Labute approximate surface area is 122 Å². The molecule has 0 aliphatic heterocycles. The number of benzene rings is 1. The van der Waals surface area contributed by atoms with Crippen molar-refractivity contribution in [1.29, 1.82) is 0 Å². The summed E-state index contributed by atoms with van der Waals surface area (Å²) in [7, 11) is -1.77. The van der Waals surface area contributed by atoms with E-state index in [1.54, 1.807) is 7.05 Å². The summed E-state index contributed by atoms with van der Waals surface area (Å²) in [5.41, 5.74) is 2.66. The zero-order chi connectivity index (χ0) is 14.8. The van der Waals surface area contributed by atoms with Gasteiger partial charge >= 0.3 is 0 Å². The van der Waals surface area contributed by atoms with Gasteiger partial charge in [-0.2, -0.15) is 12.7 Å². The molecule has 4 nitrogen and oxygen atoms in total. The zero-order valence-electron chi connectivity index (χ0n) is 12.5. The van der Waals surface area contributed by atoms with Crippen molar-refractivity contribution in [2.75, 3.05) is 13.6 Å². The molecule has 1 aliphatic rings. The summed E-state index contributed by atoms with van der Waals surface area (Å²) >= 11 is 0. The Balaban J connectivity index is 2.06. The number of hydrogen-bond acceptors (Lipinski definition) is 2. The van der Waals surface area contributed by atoms with Crippen LogP contribution in [0.2, 0.25) is 0 Å². The van der Waals surface area contributed by atoms with Crippen molar-refractivity contribution in [1.82, 2.24) is 9.03 Å². The van der Waals surface area contributed by atoms with Gasteiger partial charge in [-0.3, -0.25) is 0 Å². The van der Waals surface area contributed by atoms with Gasteiger partial charge in [0.2, 0.25) is 0 Å². The van der Waals surface area contributed by atoms with E-state index in [0.717, 1.165) is 19.3 Å². The fraction of sp³-hybridized carbons (Fsp3) is 0.600. The second-order valence-electron chi connectivity index (χ2n) is 5.75. The van der Waals surface area contributed by atoms with Crippen LogP contribution >= 0.6 is 0 Å². The average molecular weight is 296 g/mol. The van der Waals surface area contributed by atoms with Gasteiger partial charge in [0.05, 0.1) is 0 Å². The molecule has 0 fully saturated rings. The first-order chi connectivity index (χ1) is 9.42. The lowest BCUT2D eigenvalue weighted by Gasteiger charge is -2.27. The summed E-state index contributed by atoms with van der Waals surface area (Å²) < 4.78 is 28.4. The van der Waals surface area contributed by atoms with Gasteiger partial charge in [0.25, 0.3) is 10.2 Å². The molecule has 112 valence electrons.